The zero-order valence-corrected chi connectivity index (χ0v) is 28.8. The minimum Gasteiger partial charge on any atom is -0.494 e. The number of amides is 3. The van der Waals surface area contributed by atoms with Crippen LogP contribution in [0.15, 0.2) is 67.8 Å². The number of carbonyl (C=O) groups is 3. The third-order valence-corrected chi connectivity index (χ3v) is 11.9. The van der Waals surface area contributed by atoms with Crippen molar-refractivity contribution in [1.29, 1.82) is 0 Å². The van der Waals surface area contributed by atoms with E-state index in [4.69, 9.17) is 4.74 Å². The van der Waals surface area contributed by atoms with Crippen LogP contribution in [0.1, 0.15) is 56.6 Å². The highest BCUT2D eigenvalue weighted by Gasteiger charge is 2.74. The number of hydrogen-bond acceptors (Lipinski definition) is 6. The highest BCUT2D eigenvalue weighted by atomic mass is 32.2. The van der Waals surface area contributed by atoms with Crippen molar-refractivity contribution >= 4 is 40.9 Å². The average molecular weight is 660 g/mol. The van der Waals surface area contributed by atoms with Crippen molar-refractivity contribution < 1.29 is 24.2 Å². The van der Waals surface area contributed by atoms with Crippen molar-refractivity contribution in [3.05, 3.63) is 78.9 Å². The Morgan fingerprint density at radius 2 is 1.66 bits per heavy atom. The van der Waals surface area contributed by atoms with Crippen LogP contribution in [0, 0.1) is 25.7 Å². The first-order chi connectivity index (χ1) is 22.7. The van der Waals surface area contributed by atoms with Crippen LogP contribution in [-0.2, 0) is 14.4 Å². The van der Waals surface area contributed by atoms with Crippen LogP contribution < -0.4 is 14.5 Å². The number of unbranched alkanes of at least 4 members (excludes halogenated alkanes) is 3. The highest BCUT2D eigenvalue weighted by Crippen LogP contribution is 2.67. The van der Waals surface area contributed by atoms with Gasteiger partial charge in [-0.1, -0.05) is 43.2 Å². The molecule has 1 spiro atoms. The minimum atomic E-state index is -0.695. The second-order valence-electron chi connectivity index (χ2n) is 12.9. The Morgan fingerprint density at radius 3 is 2.30 bits per heavy atom. The van der Waals surface area contributed by atoms with Gasteiger partial charge in [-0.05, 0) is 81.8 Å². The number of hydrogen-bond donors (Lipinski definition) is 1. The van der Waals surface area contributed by atoms with Gasteiger partial charge >= 0.3 is 0 Å². The van der Waals surface area contributed by atoms with E-state index in [9.17, 15) is 19.5 Å². The first-order valence-electron chi connectivity index (χ1n) is 17.0. The molecule has 0 radical (unpaired) electrons. The predicted molar refractivity (Wildman–Crippen MR) is 190 cm³/mol. The largest absolute Gasteiger partial charge is 0.494 e. The predicted octanol–water partition coefficient (Wildman–Crippen LogP) is 6.08. The van der Waals surface area contributed by atoms with Gasteiger partial charge < -0.3 is 24.5 Å². The molecule has 9 heteroatoms. The van der Waals surface area contributed by atoms with Gasteiger partial charge in [-0.2, -0.15) is 0 Å². The monoisotopic (exact) mass is 659 g/mol. The van der Waals surface area contributed by atoms with Gasteiger partial charge in [0.1, 0.15) is 11.8 Å². The van der Waals surface area contributed by atoms with Crippen molar-refractivity contribution in [1.82, 2.24) is 4.90 Å². The Kier molecular flexibility index (Phi) is 11.2. The van der Waals surface area contributed by atoms with Gasteiger partial charge in [0.2, 0.25) is 11.8 Å². The van der Waals surface area contributed by atoms with Crippen molar-refractivity contribution in [3.63, 3.8) is 0 Å². The normalized spacial score (nSPS) is 24.3. The van der Waals surface area contributed by atoms with E-state index in [1.165, 1.54) is 0 Å². The molecule has 2 aromatic carbocycles. The number of rotatable bonds is 16. The fourth-order valence-electron chi connectivity index (χ4n) is 8.02. The van der Waals surface area contributed by atoms with Crippen LogP contribution in [0.2, 0.25) is 0 Å². The van der Waals surface area contributed by atoms with E-state index in [-0.39, 0.29) is 29.6 Å². The number of aliphatic hydroxyl groups excluding tert-OH is 1. The molecule has 0 saturated carbocycles. The van der Waals surface area contributed by atoms with Gasteiger partial charge in [-0.15, -0.1) is 24.9 Å². The fourth-order valence-corrected chi connectivity index (χ4v) is 10.2. The maximum absolute atomic E-state index is 15.0. The van der Waals surface area contributed by atoms with Crippen molar-refractivity contribution in [2.45, 2.75) is 75.3 Å². The smallest absolute Gasteiger partial charge is 0.251 e. The maximum Gasteiger partial charge on any atom is 0.251 e. The molecule has 0 aliphatic carbocycles. The second-order valence-corrected chi connectivity index (χ2v) is 14.5. The number of fused-ring (bicyclic) bond motifs is 1. The Balaban J connectivity index is 1.53. The maximum atomic E-state index is 15.0. The van der Waals surface area contributed by atoms with Gasteiger partial charge in [0.05, 0.1) is 23.2 Å². The van der Waals surface area contributed by atoms with Crippen LogP contribution in [0.25, 0.3) is 0 Å². The number of ether oxygens (including phenoxy) is 1. The van der Waals surface area contributed by atoms with Gasteiger partial charge in [-0.25, -0.2) is 0 Å². The molecule has 3 amide bonds. The third kappa shape index (κ3) is 6.49. The van der Waals surface area contributed by atoms with Crippen molar-refractivity contribution in [2.24, 2.45) is 11.8 Å². The number of thioether (sulfide) groups is 1. The summed E-state index contributed by atoms with van der Waals surface area (Å²) in [5.74, 6) is -0.709. The minimum absolute atomic E-state index is 0.0541. The molecule has 3 saturated heterocycles. The quantitative estimate of drug-likeness (QED) is 0.174. The molecule has 2 aromatic rings. The lowest BCUT2D eigenvalue weighted by Gasteiger charge is -2.38. The van der Waals surface area contributed by atoms with Crippen molar-refractivity contribution in [2.75, 3.05) is 42.6 Å². The van der Waals surface area contributed by atoms with Crippen LogP contribution in [0.5, 0.6) is 5.75 Å². The standard InChI is InChI=1S/C38H49N3O5S/c1-6-22-39(28-16-18-29(19-17-28)46-8-3)35(43)31-30-20-21-38(47-30)32(31)36(44)41(24-11-9-10-12-25-42)34(38)37(45)40(23-7-2)33-26(4)14-13-15-27(33)5/h6-7,13-19,30-32,34,42H,1-2,8-12,20-25H2,3-5H3/t30-,31+,32+,34?,38?/m1/s1. The lowest BCUT2D eigenvalue weighted by Crippen LogP contribution is -2.55. The summed E-state index contributed by atoms with van der Waals surface area (Å²) >= 11 is 1.69. The van der Waals surface area contributed by atoms with Crippen molar-refractivity contribution in [3.8, 4) is 5.75 Å². The van der Waals surface area contributed by atoms with E-state index < -0.39 is 22.6 Å². The van der Waals surface area contributed by atoms with E-state index in [1.54, 1.807) is 38.6 Å². The van der Waals surface area contributed by atoms with Crippen LogP contribution in [-0.4, -0.2) is 76.6 Å². The topological polar surface area (TPSA) is 90.4 Å². The summed E-state index contributed by atoms with van der Waals surface area (Å²) in [6.07, 6.45) is 8.07. The molecule has 2 unspecified atom stereocenters. The number of likely N-dealkylation sites (tertiary alicyclic amines) is 1. The molecule has 252 valence electrons. The second kappa shape index (κ2) is 15.1. The first-order valence-corrected chi connectivity index (χ1v) is 17.8. The van der Waals surface area contributed by atoms with Gasteiger partial charge in [-0.3, -0.25) is 14.4 Å². The van der Waals surface area contributed by atoms with E-state index in [0.717, 1.165) is 53.9 Å². The Hall–Kier alpha value is -3.56. The molecule has 0 aromatic heterocycles. The molecular weight excluding hydrogens is 611 g/mol. The zero-order chi connectivity index (χ0) is 33.7. The summed E-state index contributed by atoms with van der Waals surface area (Å²) in [5, 5.41) is 9.23. The number of nitrogens with zero attached hydrogens (tertiary/aromatic N) is 3. The van der Waals surface area contributed by atoms with E-state index >= 15 is 0 Å². The fraction of sp³-hybridized carbons (Fsp3) is 0.500. The SMILES string of the molecule is C=CCN(C(=O)[C@@H]1[C@H]2C(=O)N(CCCCCCO)C(C(=O)N(CC=C)c3c(C)cccc3C)C23CC[C@H]1S3)c1ccc(OCC)cc1. The van der Waals surface area contributed by atoms with Gasteiger partial charge in [0.15, 0.2) is 0 Å². The summed E-state index contributed by atoms with van der Waals surface area (Å²) < 4.78 is 4.93. The molecule has 1 N–H and O–H groups in total. The molecular formula is C38H49N3O5S. The summed E-state index contributed by atoms with van der Waals surface area (Å²) in [6.45, 7) is 15.6. The number of para-hydroxylation sites is 1. The number of benzene rings is 2. The average Bonchev–Trinajstić information content (AvgIpc) is 3.70. The number of aliphatic hydroxyl groups is 1. The van der Waals surface area contributed by atoms with E-state index in [0.29, 0.717) is 39.1 Å². The molecule has 3 fully saturated rings. The lowest BCUT2D eigenvalue weighted by molar-refractivity contribution is -0.139. The summed E-state index contributed by atoms with van der Waals surface area (Å²) in [4.78, 5) is 49.6. The number of aryl methyl sites for hydroxylation is 2. The molecule has 5 rings (SSSR count). The number of carbonyl (C=O) groups excluding carboxylic acids is 3. The molecule has 3 aliphatic heterocycles. The Morgan fingerprint density at radius 1 is 1.00 bits per heavy atom. The van der Waals surface area contributed by atoms with Crippen LogP contribution >= 0.6 is 11.8 Å². The van der Waals surface area contributed by atoms with Gasteiger partial charge in [0, 0.05) is 42.9 Å². The zero-order valence-electron chi connectivity index (χ0n) is 28.0. The lowest BCUT2D eigenvalue weighted by atomic mass is 9.70. The third-order valence-electron chi connectivity index (χ3n) is 9.95. The van der Waals surface area contributed by atoms with Gasteiger partial charge in [0.25, 0.3) is 5.91 Å². The molecule has 8 nitrogen and oxygen atoms in total. The molecule has 47 heavy (non-hydrogen) atoms. The molecule has 3 aliphatic rings. The number of anilines is 2. The van der Waals surface area contributed by atoms with Crippen LogP contribution in [0.4, 0.5) is 11.4 Å². The summed E-state index contributed by atoms with van der Waals surface area (Å²) in [5.41, 5.74) is 3.55. The van der Waals surface area contributed by atoms with E-state index in [2.05, 4.69) is 13.2 Å². The Bertz CT molecular complexity index is 1460. The molecule has 5 atom stereocenters. The Labute approximate surface area is 283 Å². The summed E-state index contributed by atoms with van der Waals surface area (Å²) in [6, 6.07) is 12.8. The van der Waals surface area contributed by atoms with E-state index in [1.807, 2.05) is 63.2 Å². The first kappa shape index (κ1) is 34.8. The molecule has 2 bridgehead atoms. The summed E-state index contributed by atoms with van der Waals surface area (Å²) in [7, 11) is 0. The highest BCUT2D eigenvalue weighted by molar-refractivity contribution is 8.02. The van der Waals surface area contributed by atoms with Crippen LogP contribution in [0.3, 0.4) is 0 Å². The molecule has 3 heterocycles.